The topological polar surface area (TPSA) is 73.9 Å². The van der Waals surface area contributed by atoms with Gasteiger partial charge >= 0.3 is 0 Å². The lowest BCUT2D eigenvalue weighted by Gasteiger charge is -2.41. The molecule has 3 aliphatic heterocycles. The Balaban J connectivity index is 1.30. The Morgan fingerprint density at radius 1 is 0.841 bits per heavy atom. The number of nitrogens with one attached hydrogen (secondary N) is 2. The highest BCUT2D eigenvalue weighted by atomic mass is 19.1. The Morgan fingerprint density at radius 2 is 1.57 bits per heavy atom. The van der Waals surface area contributed by atoms with Crippen LogP contribution in [0.5, 0.6) is 0 Å². The molecule has 3 saturated heterocycles. The average Bonchev–Trinajstić information content (AvgIpc) is 3.57. The van der Waals surface area contributed by atoms with Crippen molar-refractivity contribution in [2.75, 3.05) is 48.4 Å². The molecule has 2 N–H and O–H groups in total. The number of anilines is 3. The van der Waals surface area contributed by atoms with Crippen molar-refractivity contribution >= 4 is 28.9 Å². The van der Waals surface area contributed by atoms with Crippen LogP contribution in [0.2, 0.25) is 0 Å². The molecule has 3 heterocycles. The molecule has 44 heavy (non-hydrogen) atoms. The van der Waals surface area contributed by atoms with Crippen LogP contribution in [-0.4, -0.2) is 55.6 Å². The molecular formula is C36H43FN4O3. The molecular weight excluding hydrogens is 555 g/mol. The van der Waals surface area contributed by atoms with Crippen molar-refractivity contribution in [3.63, 3.8) is 0 Å². The van der Waals surface area contributed by atoms with E-state index < -0.39 is 17.8 Å². The fourth-order valence-corrected chi connectivity index (χ4v) is 7.03. The van der Waals surface area contributed by atoms with Crippen molar-refractivity contribution in [2.45, 2.75) is 64.5 Å². The minimum absolute atomic E-state index is 0.0742. The molecule has 7 nitrogen and oxygen atoms in total. The van der Waals surface area contributed by atoms with Crippen molar-refractivity contribution < 1.29 is 18.7 Å². The number of likely N-dealkylation sites (tertiary alicyclic amines) is 1. The molecule has 3 fully saturated rings. The minimum Gasteiger partial charge on any atom is -0.382 e. The number of amides is 2. The van der Waals surface area contributed by atoms with Crippen LogP contribution >= 0.6 is 0 Å². The van der Waals surface area contributed by atoms with E-state index in [1.165, 1.54) is 24.5 Å². The summed E-state index contributed by atoms with van der Waals surface area (Å²) >= 11 is 0. The standard InChI is InChI=1S/C36H43FN4O3/c1-24-10-13-29(23-32(24)40-18-3-4-19-40)39-35(42)30-8-6-20-41(36(43)33-25(2)7-5-9-31(33)37)34(30)26-11-14-27(15-12-26)38-28-16-21-44-22-17-28/h5,7,9-15,23,28,30,34,38H,3-4,6,8,16-22H2,1-2H3,(H,39,42). The first-order chi connectivity index (χ1) is 21.4. The lowest BCUT2D eigenvalue weighted by Crippen LogP contribution is -2.46. The van der Waals surface area contributed by atoms with Gasteiger partial charge in [-0.15, -0.1) is 0 Å². The highest BCUT2D eigenvalue weighted by Crippen LogP contribution is 2.39. The number of nitrogens with zero attached hydrogens (tertiary/aromatic N) is 2. The molecule has 2 atom stereocenters. The number of rotatable bonds is 7. The zero-order valence-electron chi connectivity index (χ0n) is 25.8. The molecule has 0 bridgehead atoms. The van der Waals surface area contributed by atoms with E-state index in [0.29, 0.717) is 31.0 Å². The van der Waals surface area contributed by atoms with Crippen LogP contribution in [0.25, 0.3) is 0 Å². The summed E-state index contributed by atoms with van der Waals surface area (Å²) in [6, 6.07) is 18.7. The van der Waals surface area contributed by atoms with Gasteiger partial charge in [-0.3, -0.25) is 9.59 Å². The summed E-state index contributed by atoms with van der Waals surface area (Å²) in [6.07, 6.45) is 5.54. The SMILES string of the molecule is Cc1ccc(NC(=O)C2CCCN(C(=O)c3c(C)cccc3F)C2c2ccc(NC3CCOCC3)cc2)cc1N1CCCC1. The third-order valence-corrected chi connectivity index (χ3v) is 9.43. The van der Waals surface area contributed by atoms with Crippen LogP contribution in [0.15, 0.2) is 60.7 Å². The minimum atomic E-state index is -0.537. The van der Waals surface area contributed by atoms with Gasteiger partial charge in [0.2, 0.25) is 5.91 Å². The second-order valence-corrected chi connectivity index (χ2v) is 12.5. The van der Waals surface area contributed by atoms with Gasteiger partial charge < -0.3 is 25.2 Å². The molecule has 0 spiro atoms. The smallest absolute Gasteiger partial charge is 0.257 e. The maximum atomic E-state index is 15.1. The summed E-state index contributed by atoms with van der Waals surface area (Å²) < 4.78 is 20.5. The molecule has 2 unspecified atom stereocenters. The molecule has 3 aromatic rings. The fraction of sp³-hybridized carbons (Fsp3) is 0.444. The largest absolute Gasteiger partial charge is 0.382 e. The Bertz CT molecular complexity index is 1460. The lowest BCUT2D eigenvalue weighted by atomic mass is 9.83. The quantitative estimate of drug-likeness (QED) is 0.311. The van der Waals surface area contributed by atoms with Gasteiger partial charge in [0.25, 0.3) is 5.91 Å². The third kappa shape index (κ3) is 6.46. The monoisotopic (exact) mass is 598 g/mol. The molecule has 8 heteroatoms. The fourth-order valence-electron chi connectivity index (χ4n) is 7.03. The predicted molar refractivity (Wildman–Crippen MR) is 173 cm³/mol. The summed E-state index contributed by atoms with van der Waals surface area (Å²) in [5.41, 5.74) is 5.62. The number of hydrogen-bond acceptors (Lipinski definition) is 5. The van der Waals surface area contributed by atoms with Gasteiger partial charge in [-0.25, -0.2) is 4.39 Å². The van der Waals surface area contributed by atoms with Gasteiger partial charge in [0.1, 0.15) is 5.82 Å². The number of piperidine rings is 1. The molecule has 0 aromatic heterocycles. The van der Waals surface area contributed by atoms with Gasteiger partial charge in [0.05, 0.1) is 17.5 Å². The van der Waals surface area contributed by atoms with Crippen molar-refractivity contribution in [3.8, 4) is 0 Å². The number of aryl methyl sites for hydroxylation is 2. The molecule has 0 saturated carbocycles. The van der Waals surface area contributed by atoms with Gasteiger partial charge in [-0.1, -0.05) is 30.3 Å². The molecule has 3 aromatic carbocycles. The lowest BCUT2D eigenvalue weighted by molar-refractivity contribution is -0.123. The van der Waals surface area contributed by atoms with E-state index in [1.807, 2.05) is 30.3 Å². The normalized spacial score (nSPS) is 20.9. The highest BCUT2D eigenvalue weighted by molar-refractivity contribution is 5.98. The molecule has 2 amide bonds. The number of ether oxygens (including phenoxy) is 1. The summed E-state index contributed by atoms with van der Waals surface area (Å²) in [7, 11) is 0. The zero-order chi connectivity index (χ0) is 30.6. The van der Waals surface area contributed by atoms with Crippen molar-refractivity contribution in [2.24, 2.45) is 5.92 Å². The van der Waals surface area contributed by atoms with E-state index in [2.05, 4.69) is 34.6 Å². The molecule has 232 valence electrons. The van der Waals surface area contributed by atoms with Crippen LogP contribution in [0.1, 0.15) is 71.6 Å². The van der Waals surface area contributed by atoms with Crippen LogP contribution in [-0.2, 0) is 9.53 Å². The van der Waals surface area contributed by atoms with E-state index in [0.717, 1.165) is 61.8 Å². The van der Waals surface area contributed by atoms with E-state index in [4.69, 9.17) is 4.74 Å². The number of carbonyl (C=O) groups excluding carboxylic acids is 2. The van der Waals surface area contributed by atoms with Crippen LogP contribution in [0.3, 0.4) is 0 Å². The van der Waals surface area contributed by atoms with E-state index >= 15 is 4.39 Å². The average molecular weight is 599 g/mol. The molecule has 0 radical (unpaired) electrons. The van der Waals surface area contributed by atoms with Gasteiger partial charge in [-0.05, 0) is 99.4 Å². The maximum absolute atomic E-state index is 15.1. The van der Waals surface area contributed by atoms with Gasteiger partial charge in [-0.2, -0.15) is 0 Å². The Labute approximate surface area is 259 Å². The van der Waals surface area contributed by atoms with Crippen molar-refractivity contribution in [1.29, 1.82) is 0 Å². The first-order valence-corrected chi connectivity index (χ1v) is 16.1. The second-order valence-electron chi connectivity index (χ2n) is 12.5. The molecule has 3 aliphatic rings. The molecule has 0 aliphatic carbocycles. The summed E-state index contributed by atoms with van der Waals surface area (Å²) in [5, 5.41) is 6.78. The highest BCUT2D eigenvalue weighted by Gasteiger charge is 2.40. The van der Waals surface area contributed by atoms with E-state index in [1.54, 1.807) is 24.0 Å². The Morgan fingerprint density at radius 3 is 2.30 bits per heavy atom. The first kappa shape index (κ1) is 30.1. The van der Waals surface area contributed by atoms with Crippen molar-refractivity contribution in [1.82, 2.24) is 4.90 Å². The van der Waals surface area contributed by atoms with Crippen molar-refractivity contribution in [3.05, 3.63) is 88.7 Å². The predicted octanol–water partition coefficient (Wildman–Crippen LogP) is 6.87. The van der Waals surface area contributed by atoms with Crippen LogP contribution in [0, 0.1) is 25.6 Å². The van der Waals surface area contributed by atoms with E-state index in [9.17, 15) is 9.59 Å². The molecule has 6 rings (SSSR count). The Kier molecular flexibility index (Phi) is 9.17. The summed E-state index contributed by atoms with van der Waals surface area (Å²) in [4.78, 5) is 32.2. The number of halogens is 1. The number of carbonyl (C=O) groups is 2. The Hall–Kier alpha value is -3.91. The third-order valence-electron chi connectivity index (χ3n) is 9.43. The second kappa shape index (κ2) is 13.4. The first-order valence-electron chi connectivity index (χ1n) is 16.1. The van der Waals surface area contributed by atoms with Gasteiger partial charge in [0, 0.05) is 56.0 Å². The maximum Gasteiger partial charge on any atom is 0.257 e. The zero-order valence-corrected chi connectivity index (χ0v) is 25.8. The van der Waals surface area contributed by atoms with E-state index in [-0.39, 0.29) is 17.4 Å². The summed E-state index contributed by atoms with van der Waals surface area (Å²) in [5.74, 6) is -1.53. The number of benzene rings is 3. The van der Waals surface area contributed by atoms with Gasteiger partial charge in [0.15, 0.2) is 0 Å². The number of hydrogen-bond donors (Lipinski definition) is 2. The van der Waals surface area contributed by atoms with Crippen LogP contribution in [0.4, 0.5) is 21.5 Å². The van der Waals surface area contributed by atoms with Crippen LogP contribution < -0.4 is 15.5 Å². The summed E-state index contributed by atoms with van der Waals surface area (Å²) in [6.45, 7) is 7.86.